The summed E-state index contributed by atoms with van der Waals surface area (Å²) in [5.74, 6) is -0.216. The fourth-order valence-corrected chi connectivity index (χ4v) is 2.84. The second-order valence-electron chi connectivity index (χ2n) is 5.81. The van der Waals surface area contributed by atoms with E-state index in [0.29, 0.717) is 17.2 Å². The summed E-state index contributed by atoms with van der Waals surface area (Å²) >= 11 is 0. The van der Waals surface area contributed by atoms with E-state index >= 15 is 0 Å². The number of rotatable bonds is 5. The second-order valence-corrected chi connectivity index (χ2v) is 5.81. The first-order chi connectivity index (χ1) is 13.0. The average molecular weight is 369 g/mol. The van der Waals surface area contributed by atoms with Gasteiger partial charge in [-0.15, -0.1) is 0 Å². The Morgan fingerprint density at radius 1 is 1.11 bits per heavy atom. The molecule has 1 heterocycles. The van der Waals surface area contributed by atoms with Crippen molar-refractivity contribution in [2.75, 3.05) is 14.2 Å². The lowest BCUT2D eigenvalue weighted by molar-refractivity contribution is -0.369. The summed E-state index contributed by atoms with van der Waals surface area (Å²) < 4.78 is 24.9. The zero-order chi connectivity index (χ0) is 19.6. The van der Waals surface area contributed by atoms with Crippen LogP contribution in [0.4, 0.5) is 10.1 Å². The highest BCUT2D eigenvalue weighted by molar-refractivity contribution is 6.27. The summed E-state index contributed by atoms with van der Waals surface area (Å²) in [5.41, 5.74) is 7.04. The van der Waals surface area contributed by atoms with Crippen molar-refractivity contribution >= 4 is 23.2 Å². The number of Topliss-reactive ketones (excluding diaryl/α,β-unsaturated/α-hetero) is 1. The first-order valence-electron chi connectivity index (χ1n) is 8.14. The molecule has 3 rings (SSSR count). The van der Waals surface area contributed by atoms with Gasteiger partial charge in [-0.1, -0.05) is 6.08 Å². The zero-order valence-electron chi connectivity index (χ0n) is 14.9. The number of hydrogen-bond acceptors (Lipinski definition) is 5. The number of carbonyl (C=O) groups excluding carboxylic acids is 2. The third-order valence-corrected chi connectivity index (χ3v) is 4.23. The highest BCUT2D eigenvalue weighted by Gasteiger charge is 2.33. The summed E-state index contributed by atoms with van der Waals surface area (Å²) in [6.07, 6.45) is 1.48. The predicted octanol–water partition coefficient (Wildman–Crippen LogP) is 2.58. The van der Waals surface area contributed by atoms with E-state index in [9.17, 15) is 14.0 Å². The Morgan fingerprint density at radius 2 is 1.81 bits per heavy atom. The smallest absolute Gasteiger partial charge is 0.318 e. The van der Waals surface area contributed by atoms with E-state index in [1.165, 1.54) is 49.1 Å². The molecule has 1 amide bonds. The molecule has 0 saturated heterocycles. The number of hydrogen-bond donors (Lipinski definition) is 1. The fraction of sp³-hybridized carbons (Fsp3) is 0.150. The molecule has 2 N–H and O–H groups in total. The minimum absolute atomic E-state index is 0.00183. The summed E-state index contributed by atoms with van der Waals surface area (Å²) in [4.78, 5) is 25.3. The average Bonchev–Trinajstić information content (AvgIpc) is 2.68. The normalized spacial score (nSPS) is 14.0. The maximum atomic E-state index is 13.1. The van der Waals surface area contributed by atoms with Crippen molar-refractivity contribution in [3.8, 4) is 11.5 Å². The largest absolute Gasteiger partial charge is 0.497 e. The molecule has 6 nitrogen and oxygen atoms in total. The van der Waals surface area contributed by atoms with Gasteiger partial charge in [-0.05, 0) is 36.4 Å². The van der Waals surface area contributed by atoms with Crippen LogP contribution in [0.25, 0.3) is 0 Å². The molecular formula is C20H18FN2O4+. The maximum Gasteiger partial charge on any atom is 0.318 e. The van der Waals surface area contributed by atoms with Gasteiger partial charge in [-0.25, -0.2) is 9.18 Å². The van der Waals surface area contributed by atoms with Gasteiger partial charge in [-0.3, -0.25) is 10.5 Å². The standard InChI is InChI=1S/C20H17FN2O4/c1-26-14-7-9-16(17(11-14)27-2)23-18(24)10-8-15(20(23)22)19(25)12-3-5-13(21)6-4-12/h3-9,11,22H,10H2,1-2H3/p+1. The summed E-state index contributed by atoms with van der Waals surface area (Å²) in [6.45, 7) is 0. The van der Waals surface area contributed by atoms with Gasteiger partial charge in [0.05, 0.1) is 20.6 Å². The van der Waals surface area contributed by atoms with Crippen LogP contribution in [0.1, 0.15) is 16.8 Å². The van der Waals surface area contributed by atoms with Gasteiger partial charge in [0.1, 0.15) is 17.1 Å². The Morgan fingerprint density at radius 3 is 2.44 bits per heavy atom. The van der Waals surface area contributed by atoms with E-state index in [4.69, 9.17) is 15.2 Å². The summed E-state index contributed by atoms with van der Waals surface area (Å²) in [5, 5.41) is 0. The van der Waals surface area contributed by atoms with Gasteiger partial charge in [0.2, 0.25) is 5.78 Å². The van der Waals surface area contributed by atoms with Crippen molar-refractivity contribution < 1.29 is 28.0 Å². The number of nitrogens with zero attached hydrogens (tertiary/aromatic N) is 1. The Kier molecular flexibility index (Phi) is 5.03. The SMILES string of the molecule is COc1ccc([N+]2=C(N)C(C(=O)c3ccc(F)cc3)=CCC2=O)c(OC)c1. The molecule has 138 valence electrons. The molecule has 0 atom stereocenters. The van der Waals surface area contributed by atoms with Crippen LogP contribution in [0, 0.1) is 5.82 Å². The van der Waals surface area contributed by atoms with E-state index in [-0.39, 0.29) is 29.3 Å². The number of ketones is 1. The minimum Gasteiger partial charge on any atom is -0.497 e. The van der Waals surface area contributed by atoms with E-state index in [1.54, 1.807) is 18.2 Å². The number of methoxy groups -OCH3 is 2. The van der Waals surface area contributed by atoms with Crippen LogP contribution < -0.4 is 15.2 Å². The predicted molar refractivity (Wildman–Crippen MR) is 97.1 cm³/mol. The number of ether oxygens (including phenoxy) is 2. The maximum absolute atomic E-state index is 13.1. The van der Waals surface area contributed by atoms with Crippen molar-refractivity contribution in [3.63, 3.8) is 0 Å². The highest BCUT2D eigenvalue weighted by Crippen LogP contribution is 2.33. The lowest BCUT2D eigenvalue weighted by Gasteiger charge is -2.16. The van der Waals surface area contributed by atoms with Crippen molar-refractivity contribution in [1.82, 2.24) is 0 Å². The van der Waals surface area contributed by atoms with Gasteiger partial charge in [0.15, 0.2) is 11.4 Å². The molecule has 0 unspecified atom stereocenters. The topological polar surface area (TPSA) is 81.6 Å². The third-order valence-electron chi connectivity index (χ3n) is 4.23. The number of carbonyl (C=O) groups is 2. The highest BCUT2D eigenvalue weighted by atomic mass is 19.1. The molecular weight excluding hydrogens is 351 g/mol. The first kappa shape index (κ1) is 18.3. The van der Waals surface area contributed by atoms with Gasteiger partial charge >= 0.3 is 5.91 Å². The minimum atomic E-state index is -0.444. The number of benzene rings is 2. The number of amides is 1. The molecule has 2 aromatic rings. The van der Waals surface area contributed by atoms with Crippen molar-refractivity contribution in [3.05, 3.63) is 65.5 Å². The first-order valence-corrected chi connectivity index (χ1v) is 8.14. The molecule has 0 saturated carbocycles. The van der Waals surface area contributed by atoms with Crippen LogP contribution in [0.15, 0.2) is 54.1 Å². The molecule has 0 aliphatic carbocycles. The fourth-order valence-electron chi connectivity index (χ4n) is 2.84. The monoisotopic (exact) mass is 369 g/mol. The van der Waals surface area contributed by atoms with Crippen LogP contribution in [-0.2, 0) is 4.79 Å². The quantitative estimate of drug-likeness (QED) is 0.647. The van der Waals surface area contributed by atoms with Crippen LogP contribution in [0.2, 0.25) is 0 Å². The van der Waals surface area contributed by atoms with Crippen LogP contribution >= 0.6 is 0 Å². The Labute approximate surface area is 155 Å². The van der Waals surface area contributed by atoms with Crippen LogP contribution in [-0.4, -0.2) is 36.3 Å². The van der Waals surface area contributed by atoms with Gasteiger partial charge in [0.25, 0.3) is 5.84 Å². The Hall–Kier alpha value is -3.48. The molecule has 27 heavy (non-hydrogen) atoms. The van der Waals surface area contributed by atoms with Crippen molar-refractivity contribution in [1.29, 1.82) is 0 Å². The Bertz CT molecular complexity index is 978. The summed E-state index contributed by atoms with van der Waals surface area (Å²) in [6, 6.07) is 10.1. The van der Waals surface area contributed by atoms with Crippen LogP contribution in [0.5, 0.6) is 11.5 Å². The lowest BCUT2D eigenvalue weighted by atomic mass is 9.99. The van der Waals surface area contributed by atoms with Crippen LogP contribution in [0.3, 0.4) is 0 Å². The van der Waals surface area contributed by atoms with Gasteiger partial charge in [-0.2, -0.15) is 4.58 Å². The van der Waals surface area contributed by atoms with E-state index in [2.05, 4.69) is 0 Å². The molecule has 7 heteroatoms. The second kappa shape index (κ2) is 7.41. The molecule has 0 aromatic heterocycles. The van der Waals surface area contributed by atoms with E-state index in [1.807, 2.05) is 0 Å². The Balaban J connectivity index is 2.08. The van der Waals surface area contributed by atoms with Crippen molar-refractivity contribution in [2.45, 2.75) is 6.42 Å². The van der Waals surface area contributed by atoms with Crippen molar-refractivity contribution in [2.24, 2.45) is 5.73 Å². The van der Waals surface area contributed by atoms with Gasteiger partial charge < -0.3 is 9.47 Å². The number of amidine groups is 1. The molecule has 0 spiro atoms. The summed E-state index contributed by atoms with van der Waals surface area (Å²) in [7, 11) is 2.98. The number of nitrogens with two attached hydrogens (primary N) is 1. The van der Waals surface area contributed by atoms with Gasteiger partial charge in [0, 0.05) is 11.6 Å². The molecule has 2 aromatic carbocycles. The lowest BCUT2D eigenvalue weighted by Crippen LogP contribution is -2.37. The molecule has 0 bridgehead atoms. The number of halogens is 1. The molecule has 0 radical (unpaired) electrons. The zero-order valence-corrected chi connectivity index (χ0v) is 14.9. The molecule has 1 aliphatic heterocycles. The third kappa shape index (κ3) is 3.44. The molecule has 0 fully saturated rings. The van der Waals surface area contributed by atoms with E-state index in [0.717, 1.165) is 0 Å². The molecule has 1 aliphatic rings. The van der Waals surface area contributed by atoms with E-state index < -0.39 is 11.6 Å².